The number of amides is 1. The van der Waals surface area contributed by atoms with Gasteiger partial charge in [0.2, 0.25) is 5.91 Å². The third-order valence-electron chi connectivity index (χ3n) is 5.53. The van der Waals surface area contributed by atoms with Gasteiger partial charge < -0.3 is 10.2 Å². The molecule has 1 heterocycles. The van der Waals surface area contributed by atoms with Gasteiger partial charge in [-0.05, 0) is 60.6 Å². The van der Waals surface area contributed by atoms with Crippen LogP contribution < -0.4 is 10.2 Å². The van der Waals surface area contributed by atoms with Crippen molar-refractivity contribution < 1.29 is 4.79 Å². The molecule has 0 saturated heterocycles. The first-order valence-electron chi connectivity index (χ1n) is 8.96. The largest absolute Gasteiger partial charge is 0.374 e. The van der Waals surface area contributed by atoms with Crippen LogP contribution in [0, 0.1) is 0 Å². The van der Waals surface area contributed by atoms with Crippen LogP contribution in [0.1, 0.15) is 36.0 Å². The number of hydrogen-bond acceptors (Lipinski definition) is 2. The zero-order valence-corrected chi connectivity index (χ0v) is 16.1. The van der Waals surface area contributed by atoms with E-state index < -0.39 is 0 Å². The van der Waals surface area contributed by atoms with Crippen molar-refractivity contribution in [2.24, 2.45) is 0 Å². The molecule has 0 radical (unpaired) electrons. The highest BCUT2D eigenvalue weighted by molar-refractivity contribution is 9.10. The third kappa shape index (κ3) is 3.20. The smallest absolute Gasteiger partial charge is 0.230 e. The Bertz CT molecular complexity index is 796. The minimum absolute atomic E-state index is 0.157. The first-order valence-corrected chi connectivity index (χ1v) is 9.75. The number of rotatable bonds is 4. The molecule has 25 heavy (non-hydrogen) atoms. The van der Waals surface area contributed by atoms with E-state index in [0.29, 0.717) is 6.54 Å². The van der Waals surface area contributed by atoms with Crippen LogP contribution in [0.15, 0.2) is 46.9 Å². The van der Waals surface area contributed by atoms with Gasteiger partial charge in [-0.3, -0.25) is 4.79 Å². The van der Waals surface area contributed by atoms with E-state index in [1.54, 1.807) is 0 Å². The molecule has 3 nitrogen and oxygen atoms in total. The molecular weight excluding hydrogens is 376 g/mol. The molecule has 1 fully saturated rings. The summed E-state index contributed by atoms with van der Waals surface area (Å²) in [6.45, 7) is 1.73. The van der Waals surface area contributed by atoms with E-state index in [1.807, 2.05) is 12.1 Å². The van der Waals surface area contributed by atoms with Crippen molar-refractivity contribution >= 4 is 27.5 Å². The van der Waals surface area contributed by atoms with Gasteiger partial charge in [0, 0.05) is 30.3 Å². The summed E-state index contributed by atoms with van der Waals surface area (Å²) in [5.41, 5.74) is 4.73. The number of aryl methyl sites for hydroxylation is 1. The zero-order chi connectivity index (χ0) is 17.4. The zero-order valence-electron chi connectivity index (χ0n) is 14.5. The lowest BCUT2D eigenvalue weighted by Crippen LogP contribution is -2.34. The molecule has 130 valence electrons. The summed E-state index contributed by atoms with van der Waals surface area (Å²) in [4.78, 5) is 15.1. The summed E-state index contributed by atoms with van der Waals surface area (Å²) in [7, 11) is 2.15. The van der Waals surface area contributed by atoms with Crippen LogP contribution in [0.4, 0.5) is 5.69 Å². The van der Waals surface area contributed by atoms with E-state index in [0.717, 1.165) is 35.8 Å². The molecule has 2 aromatic carbocycles. The molecule has 0 unspecified atom stereocenters. The highest BCUT2D eigenvalue weighted by Crippen LogP contribution is 2.48. The van der Waals surface area contributed by atoms with Crippen molar-refractivity contribution in [2.75, 3.05) is 18.5 Å². The fourth-order valence-corrected chi connectivity index (χ4v) is 4.11. The number of hydrogen-bond donors (Lipinski definition) is 1. The van der Waals surface area contributed by atoms with Gasteiger partial charge in [0.25, 0.3) is 0 Å². The number of halogens is 1. The second-order valence-electron chi connectivity index (χ2n) is 7.26. The van der Waals surface area contributed by atoms with E-state index in [2.05, 4.69) is 63.5 Å². The molecule has 4 heteroatoms. The average molecular weight is 399 g/mol. The monoisotopic (exact) mass is 398 g/mol. The Morgan fingerprint density at radius 2 is 1.96 bits per heavy atom. The second-order valence-corrected chi connectivity index (χ2v) is 8.18. The summed E-state index contributed by atoms with van der Waals surface area (Å²) < 4.78 is 1.05. The van der Waals surface area contributed by atoms with Crippen molar-refractivity contribution in [2.45, 2.75) is 37.6 Å². The predicted molar refractivity (Wildman–Crippen MR) is 105 cm³/mol. The first-order chi connectivity index (χ1) is 12.1. The van der Waals surface area contributed by atoms with Gasteiger partial charge in [-0.25, -0.2) is 0 Å². The topological polar surface area (TPSA) is 32.3 Å². The van der Waals surface area contributed by atoms with Crippen LogP contribution >= 0.6 is 15.9 Å². The minimum atomic E-state index is -0.310. The summed E-state index contributed by atoms with van der Waals surface area (Å²) >= 11 is 3.46. The van der Waals surface area contributed by atoms with Gasteiger partial charge in [-0.2, -0.15) is 0 Å². The first kappa shape index (κ1) is 16.6. The van der Waals surface area contributed by atoms with Crippen molar-refractivity contribution in [3.05, 3.63) is 63.6 Å². The second kappa shape index (κ2) is 6.49. The molecule has 0 aromatic heterocycles. The predicted octanol–water partition coefficient (Wildman–Crippen LogP) is 4.18. The van der Waals surface area contributed by atoms with Crippen LogP contribution in [0.25, 0.3) is 0 Å². The van der Waals surface area contributed by atoms with Crippen LogP contribution in [0.5, 0.6) is 0 Å². The maximum absolute atomic E-state index is 12.8. The molecule has 0 atom stereocenters. The van der Waals surface area contributed by atoms with Crippen LogP contribution in [-0.2, 0) is 23.2 Å². The maximum atomic E-state index is 12.8. The number of anilines is 1. The van der Waals surface area contributed by atoms with Crippen LogP contribution in [0.3, 0.4) is 0 Å². The molecule has 1 saturated carbocycles. The van der Waals surface area contributed by atoms with Crippen molar-refractivity contribution in [1.82, 2.24) is 5.32 Å². The van der Waals surface area contributed by atoms with Crippen LogP contribution in [0.2, 0.25) is 0 Å². The molecule has 1 aliphatic heterocycles. The summed E-state index contributed by atoms with van der Waals surface area (Å²) in [6, 6.07) is 14.7. The lowest BCUT2D eigenvalue weighted by molar-refractivity contribution is -0.123. The van der Waals surface area contributed by atoms with Gasteiger partial charge in [0.15, 0.2) is 0 Å². The molecule has 4 rings (SSSR count). The number of benzene rings is 2. The third-order valence-corrected chi connectivity index (χ3v) is 6.06. The Kier molecular flexibility index (Phi) is 4.32. The number of nitrogens with one attached hydrogen (secondary N) is 1. The van der Waals surface area contributed by atoms with E-state index in [9.17, 15) is 4.79 Å². The Morgan fingerprint density at radius 3 is 2.68 bits per heavy atom. The Morgan fingerprint density at radius 1 is 1.20 bits per heavy atom. The molecule has 1 aliphatic carbocycles. The molecule has 0 spiro atoms. The number of carbonyl (C=O) groups is 1. The van der Waals surface area contributed by atoms with Crippen molar-refractivity contribution in [1.29, 1.82) is 0 Å². The van der Waals surface area contributed by atoms with E-state index in [4.69, 9.17) is 0 Å². The maximum Gasteiger partial charge on any atom is 0.230 e. The van der Waals surface area contributed by atoms with Crippen molar-refractivity contribution in [3.63, 3.8) is 0 Å². The highest BCUT2D eigenvalue weighted by Gasteiger charge is 2.51. The van der Waals surface area contributed by atoms with Gasteiger partial charge >= 0.3 is 0 Å². The number of nitrogens with zero attached hydrogens (tertiary/aromatic N) is 1. The van der Waals surface area contributed by atoms with E-state index in [-0.39, 0.29) is 11.3 Å². The van der Waals surface area contributed by atoms with Crippen LogP contribution in [-0.4, -0.2) is 19.5 Å². The molecular formula is C21H23BrN2O. The molecule has 1 N–H and O–H groups in total. The lowest BCUT2D eigenvalue weighted by atomic mass is 9.95. The Labute approximate surface area is 157 Å². The Balaban J connectivity index is 1.45. The Hall–Kier alpha value is -1.81. The van der Waals surface area contributed by atoms with E-state index in [1.165, 1.54) is 23.2 Å². The minimum Gasteiger partial charge on any atom is -0.374 e. The quantitative estimate of drug-likeness (QED) is 0.837. The summed E-state index contributed by atoms with van der Waals surface area (Å²) in [5, 5.41) is 3.17. The molecule has 0 bridgehead atoms. The highest BCUT2D eigenvalue weighted by atomic mass is 79.9. The van der Waals surface area contributed by atoms with Gasteiger partial charge in [0.05, 0.1) is 5.41 Å². The lowest BCUT2D eigenvalue weighted by Gasteiger charge is -2.28. The van der Waals surface area contributed by atoms with Crippen molar-refractivity contribution in [3.8, 4) is 0 Å². The molecule has 2 aliphatic rings. The normalized spacial score (nSPS) is 17.8. The van der Waals surface area contributed by atoms with E-state index >= 15 is 0 Å². The SMILES string of the molecule is CN1CCCc2cc(CNC(=O)C3(c4ccc(Br)cc4)CC3)ccc21. The van der Waals surface area contributed by atoms with Gasteiger partial charge in [0.1, 0.15) is 0 Å². The van der Waals surface area contributed by atoms with Gasteiger partial charge in [-0.1, -0.05) is 40.2 Å². The summed E-state index contributed by atoms with van der Waals surface area (Å²) in [5.74, 6) is 0.157. The number of carbonyl (C=O) groups excluding carboxylic acids is 1. The average Bonchev–Trinajstić information content (AvgIpc) is 3.42. The summed E-state index contributed by atoms with van der Waals surface area (Å²) in [6.07, 6.45) is 4.21. The van der Waals surface area contributed by atoms with Gasteiger partial charge in [-0.15, -0.1) is 0 Å². The fourth-order valence-electron chi connectivity index (χ4n) is 3.84. The molecule has 1 amide bonds. The molecule has 2 aromatic rings. The number of fused-ring (bicyclic) bond motifs is 1. The fraction of sp³-hybridized carbons (Fsp3) is 0.381. The standard InChI is InChI=1S/C21H23BrN2O/c1-24-12-2-3-16-13-15(4-9-19(16)24)14-23-20(25)21(10-11-21)17-5-7-18(22)8-6-17/h4-9,13H,2-3,10-12,14H2,1H3,(H,23,25).